The lowest BCUT2D eigenvalue weighted by atomic mass is 9.89. The van der Waals surface area contributed by atoms with Gasteiger partial charge in [-0.25, -0.2) is 9.97 Å². The molecule has 0 atom stereocenters. The average Bonchev–Trinajstić information content (AvgIpc) is 2.34. The molecule has 0 spiro atoms. The number of nitrogens with zero attached hydrogens (tertiary/aromatic N) is 2. The van der Waals surface area contributed by atoms with E-state index in [9.17, 15) is 0 Å². The molecule has 0 saturated carbocycles. The van der Waals surface area contributed by atoms with Crippen LogP contribution in [0, 0.1) is 0 Å². The monoisotopic (exact) mass is 229 g/mol. The van der Waals surface area contributed by atoms with E-state index in [1.165, 1.54) is 0 Å². The van der Waals surface area contributed by atoms with Crippen LogP contribution in [0.3, 0.4) is 0 Å². The van der Waals surface area contributed by atoms with E-state index >= 15 is 0 Å². The first-order valence-electron chi connectivity index (χ1n) is 5.88. The third-order valence-corrected chi connectivity index (χ3v) is 2.57. The zero-order valence-electron chi connectivity index (χ0n) is 9.93. The molecule has 0 aliphatic heterocycles. The van der Waals surface area contributed by atoms with Crippen LogP contribution in [-0.4, -0.2) is 28.6 Å². The highest BCUT2D eigenvalue weighted by atomic mass is 16.2. The Morgan fingerprint density at radius 1 is 1.35 bits per heavy atom. The summed E-state index contributed by atoms with van der Waals surface area (Å²) >= 11 is 0. The van der Waals surface area contributed by atoms with Gasteiger partial charge in [-0.05, 0) is 50.5 Å². The first kappa shape index (κ1) is 12.0. The van der Waals surface area contributed by atoms with Crippen molar-refractivity contribution in [3.63, 3.8) is 0 Å². The minimum atomic E-state index is -0.443. The van der Waals surface area contributed by atoms with Gasteiger partial charge in [0.1, 0.15) is 0 Å². The van der Waals surface area contributed by atoms with Crippen molar-refractivity contribution in [3.8, 4) is 0 Å². The third-order valence-electron chi connectivity index (χ3n) is 2.57. The van der Waals surface area contributed by atoms with Gasteiger partial charge < -0.3 is 10.3 Å². The molecule has 0 aliphatic rings. The fourth-order valence-electron chi connectivity index (χ4n) is 1.71. The number of rotatable bonds is 5. The molecular formula is C12H16BN3O. The Labute approximate surface area is 101 Å². The van der Waals surface area contributed by atoms with E-state index in [1.807, 2.05) is 24.3 Å². The number of hydrogen-bond donors (Lipinski definition) is 2. The second-order valence-corrected chi connectivity index (χ2v) is 4.09. The highest BCUT2D eigenvalue weighted by Gasteiger charge is 2.01. The first-order valence-corrected chi connectivity index (χ1v) is 5.88. The molecule has 2 heterocycles. The van der Waals surface area contributed by atoms with Crippen LogP contribution in [0.2, 0.25) is 6.82 Å². The van der Waals surface area contributed by atoms with Crippen LogP contribution in [0.25, 0.3) is 11.0 Å². The molecule has 0 aliphatic carbocycles. The van der Waals surface area contributed by atoms with Crippen molar-refractivity contribution in [2.75, 3.05) is 6.54 Å². The van der Waals surface area contributed by atoms with Crippen molar-refractivity contribution in [1.29, 1.82) is 0 Å². The molecule has 0 aromatic carbocycles. The van der Waals surface area contributed by atoms with Gasteiger partial charge in [0.25, 0.3) is 0 Å². The molecule has 2 aromatic rings. The fraction of sp³-hybridized carbons (Fsp3) is 0.333. The Morgan fingerprint density at radius 2 is 2.24 bits per heavy atom. The van der Waals surface area contributed by atoms with Crippen molar-refractivity contribution < 1.29 is 5.02 Å². The Hall–Kier alpha value is -1.46. The molecule has 0 bridgehead atoms. The van der Waals surface area contributed by atoms with E-state index < -0.39 is 7.05 Å². The Morgan fingerprint density at radius 3 is 3.06 bits per heavy atom. The predicted molar refractivity (Wildman–Crippen MR) is 69.7 cm³/mol. The van der Waals surface area contributed by atoms with E-state index in [2.05, 4.69) is 15.2 Å². The van der Waals surface area contributed by atoms with Crippen LogP contribution in [0.15, 0.2) is 30.5 Å². The lowest BCUT2D eigenvalue weighted by Crippen LogP contribution is -2.31. The number of hydrogen-bond acceptors (Lipinski definition) is 4. The van der Waals surface area contributed by atoms with Gasteiger partial charge in [-0.2, -0.15) is 0 Å². The highest BCUT2D eigenvalue weighted by Crippen LogP contribution is 2.10. The van der Waals surface area contributed by atoms with Gasteiger partial charge in [-0.15, -0.1) is 0 Å². The van der Waals surface area contributed by atoms with Crippen molar-refractivity contribution in [2.24, 2.45) is 0 Å². The van der Waals surface area contributed by atoms with E-state index in [0.29, 0.717) is 0 Å². The molecule has 0 fully saturated rings. The summed E-state index contributed by atoms with van der Waals surface area (Å²) in [6.45, 7) is 2.51. The maximum Gasteiger partial charge on any atom is 0.373 e. The maximum absolute atomic E-state index is 9.05. The van der Waals surface area contributed by atoms with Gasteiger partial charge in [0.2, 0.25) is 0 Å². The minimum absolute atomic E-state index is 0.443. The summed E-state index contributed by atoms with van der Waals surface area (Å²) in [4.78, 5) is 8.72. The summed E-state index contributed by atoms with van der Waals surface area (Å²) in [7, 11) is -0.443. The van der Waals surface area contributed by atoms with Crippen LogP contribution in [0.5, 0.6) is 0 Å². The summed E-state index contributed by atoms with van der Waals surface area (Å²) in [5.74, 6) is 0. The quantitative estimate of drug-likeness (QED) is 0.598. The molecular weight excluding hydrogens is 213 g/mol. The second kappa shape index (κ2) is 5.75. The van der Waals surface area contributed by atoms with Crippen LogP contribution in [0.4, 0.5) is 0 Å². The molecule has 2 rings (SSSR count). The standard InChI is InChI=1S/C12H16BN3O/c1-13(17)15-9-3-5-11-7-6-10-4-2-8-14-12(10)16-11/h2,4,6-8,15,17H,3,5,9H2,1H3. The van der Waals surface area contributed by atoms with Crippen LogP contribution in [-0.2, 0) is 6.42 Å². The van der Waals surface area contributed by atoms with Gasteiger partial charge in [-0.3, -0.25) is 0 Å². The zero-order chi connectivity index (χ0) is 12.1. The number of aryl methyl sites for hydroxylation is 1. The smallest absolute Gasteiger partial charge is 0.373 e. The van der Waals surface area contributed by atoms with Crippen molar-refractivity contribution in [2.45, 2.75) is 19.7 Å². The average molecular weight is 229 g/mol. The van der Waals surface area contributed by atoms with Crippen LogP contribution in [0.1, 0.15) is 12.1 Å². The zero-order valence-corrected chi connectivity index (χ0v) is 9.93. The lowest BCUT2D eigenvalue weighted by Gasteiger charge is -2.04. The summed E-state index contributed by atoms with van der Waals surface area (Å²) in [6, 6.07) is 8.00. The number of nitrogens with one attached hydrogen (secondary N) is 1. The van der Waals surface area contributed by atoms with E-state index in [0.717, 1.165) is 36.1 Å². The van der Waals surface area contributed by atoms with Crippen molar-refractivity contribution in [1.82, 2.24) is 15.2 Å². The van der Waals surface area contributed by atoms with Gasteiger partial charge in [0, 0.05) is 17.3 Å². The Kier molecular flexibility index (Phi) is 4.06. The molecule has 4 nitrogen and oxygen atoms in total. The topological polar surface area (TPSA) is 58.0 Å². The van der Waals surface area contributed by atoms with Gasteiger partial charge in [-0.1, -0.05) is 0 Å². The van der Waals surface area contributed by atoms with E-state index in [4.69, 9.17) is 5.02 Å². The first-order chi connectivity index (χ1) is 8.25. The van der Waals surface area contributed by atoms with Gasteiger partial charge in [0.05, 0.1) is 0 Å². The molecule has 0 unspecified atom stereocenters. The van der Waals surface area contributed by atoms with Gasteiger partial charge >= 0.3 is 7.05 Å². The van der Waals surface area contributed by atoms with E-state index in [-0.39, 0.29) is 0 Å². The van der Waals surface area contributed by atoms with Crippen LogP contribution < -0.4 is 5.23 Å². The van der Waals surface area contributed by atoms with Crippen LogP contribution >= 0.6 is 0 Å². The molecule has 5 heteroatoms. The fourth-order valence-corrected chi connectivity index (χ4v) is 1.71. The predicted octanol–water partition coefficient (Wildman–Crippen LogP) is 1.26. The molecule has 2 aromatic heterocycles. The summed E-state index contributed by atoms with van der Waals surface area (Å²) in [6.07, 6.45) is 3.61. The Bertz CT molecular complexity index is 490. The number of pyridine rings is 2. The lowest BCUT2D eigenvalue weighted by molar-refractivity contribution is 0.551. The molecule has 0 amide bonds. The molecule has 2 N–H and O–H groups in total. The number of fused-ring (bicyclic) bond motifs is 1. The molecule has 88 valence electrons. The molecule has 0 saturated heterocycles. The van der Waals surface area contributed by atoms with Crippen molar-refractivity contribution >= 4 is 18.1 Å². The third kappa shape index (κ3) is 3.51. The summed E-state index contributed by atoms with van der Waals surface area (Å²) < 4.78 is 0. The minimum Gasteiger partial charge on any atom is -0.437 e. The normalized spacial score (nSPS) is 10.7. The number of aromatic nitrogens is 2. The molecule has 17 heavy (non-hydrogen) atoms. The SMILES string of the molecule is CB(O)NCCCc1ccc2cccnc2n1. The van der Waals surface area contributed by atoms with E-state index in [1.54, 1.807) is 13.0 Å². The van der Waals surface area contributed by atoms with Crippen molar-refractivity contribution in [3.05, 3.63) is 36.2 Å². The summed E-state index contributed by atoms with van der Waals surface area (Å²) in [5.41, 5.74) is 1.84. The van der Waals surface area contributed by atoms with Gasteiger partial charge in [0.15, 0.2) is 5.65 Å². The second-order valence-electron chi connectivity index (χ2n) is 4.09. The largest absolute Gasteiger partial charge is 0.437 e. The summed E-state index contributed by atoms with van der Waals surface area (Å²) in [5, 5.41) is 13.1. The Balaban J connectivity index is 1.95. The maximum atomic E-state index is 9.05. The highest BCUT2D eigenvalue weighted by molar-refractivity contribution is 6.45. The molecule has 0 radical (unpaired) electrons.